The van der Waals surface area contributed by atoms with Gasteiger partial charge >= 0.3 is 0 Å². The van der Waals surface area contributed by atoms with Crippen LogP contribution in [0.25, 0.3) is 0 Å². The summed E-state index contributed by atoms with van der Waals surface area (Å²) in [6.07, 6.45) is 12.7. The van der Waals surface area contributed by atoms with Crippen molar-refractivity contribution in [2.45, 2.75) is 58.8 Å². The zero-order valence-corrected chi connectivity index (χ0v) is 11.8. The van der Waals surface area contributed by atoms with Gasteiger partial charge in [0.2, 0.25) is 0 Å². The van der Waals surface area contributed by atoms with Crippen LogP contribution in [0.4, 0.5) is 0 Å². The molecule has 0 aliphatic heterocycles. The monoisotopic (exact) mass is 253 g/mol. The van der Waals surface area contributed by atoms with Crippen molar-refractivity contribution in [1.82, 2.24) is 5.48 Å². The van der Waals surface area contributed by atoms with Gasteiger partial charge in [0, 0.05) is 5.57 Å². The molecular formula is C15H27NO2. The number of unbranched alkanes of at least 4 members (excludes halogenated alkanes) is 5. The summed E-state index contributed by atoms with van der Waals surface area (Å²) in [7, 11) is 0. The SMILES string of the molecule is C=C(C)C(=O)NOCCCC/C=C/CCCCC. The lowest BCUT2D eigenvalue weighted by molar-refractivity contribution is -0.129. The summed E-state index contributed by atoms with van der Waals surface area (Å²) in [5, 5.41) is 0. The van der Waals surface area contributed by atoms with E-state index in [0.717, 1.165) is 19.3 Å². The first-order chi connectivity index (χ1) is 8.68. The van der Waals surface area contributed by atoms with Crippen molar-refractivity contribution in [3.05, 3.63) is 24.3 Å². The zero-order valence-electron chi connectivity index (χ0n) is 11.8. The quantitative estimate of drug-likeness (QED) is 0.262. The van der Waals surface area contributed by atoms with Crippen LogP contribution in [0.1, 0.15) is 58.8 Å². The van der Waals surface area contributed by atoms with Crippen LogP contribution in [0, 0.1) is 0 Å². The molecule has 0 aromatic heterocycles. The lowest BCUT2D eigenvalue weighted by Gasteiger charge is -2.04. The number of nitrogens with one attached hydrogen (secondary N) is 1. The smallest absolute Gasteiger partial charge is 0.269 e. The van der Waals surface area contributed by atoms with Gasteiger partial charge in [0.1, 0.15) is 0 Å². The average Bonchev–Trinajstić information content (AvgIpc) is 2.35. The molecule has 0 heterocycles. The number of hydroxylamine groups is 1. The molecule has 0 aliphatic rings. The summed E-state index contributed by atoms with van der Waals surface area (Å²) in [5.74, 6) is -0.245. The number of carbonyl (C=O) groups excluding carboxylic acids is 1. The van der Waals surface area contributed by atoms with E-state index in [4.69, 9.17) is 4.84 Å². The van der Waals surface area contributed by atoms with Crippen LogP contribution in [0.3, 0.4) is 0 Å². The van der Waals surface area contributed by atoms with Crippen molar-refractivity contribution in [1.29, 1.82) is 0 Å². The van der Waals surface area contributed by atoms with Gasteiger partial charge in [-0.3, -0.25) is 9.63 Å². The molecule has 0 radical (unpaired) electrons. The Bertz CT molecular complexity index is 259. The molecule has 18 heavy (non-hydrogen) atoms. The molecule has 0 aromatic rings. The third-order valence-corrected chi connectivity index (χ3v) is 2.56. The van der Waals surface area contributed by atoms with E-state index in [1.54, 1.807) is 6.92 Å². The molecule has 0 unspecified atom stereocenters. The van der Waals surface area contributed by atoms with Crippen molar-refractivity contribution in [3.8, 4) is 0 Å². The zero-order chi connectivity index (χ0) is 13.6. The number of amides is 1. The van der Waals surface area contributed by atoms with E-state index in [2.05, 4.69) is 31.1 Å². The second kappa shape index (κ2) is 12.4. The first kappa shape index (κ1) is 16.9. The van der Waals surface area contributed by atoms with Crippen LogP contribution in [0.15, 0.2) is 24.3 Å². The maximum atomic E-state index is 11.1. The predicted octanol–water partition coefficient (Wildman–Crippen LogP) is 3.92. The van der Waals surface area contributed by atoms with E-state index in [0.29, 0.717) is 12.2 Å². The fourth-order valence-electron chi connectivity index (χ4n) is 1.39. The van der Waals surface area contributed by atoms with Gasteiger partial charge in [-0.1, -0.05) is 38.5 Å². The molecule has 3 nitrogen and oxygen atoms in total. The topological polar surface area (TPSA) is 38.3 Å². The minimum absolute atomic E-state index is 0.245. The molecule has 1 amide bonds. The van der Waals surface area contributed by atoms with Crippen molar-refractivity contribution in [2.24, 2.45) is 0 Å². The molecule has 0 atom stereocenters. The molecule has 3 heteroatoms. The molecule has 1 N–H and O–H groups in total. The lowest BCUT2D eigenvalue weighted by Crippen LogP contribution is -2.24. The summed E-state index contributed by atoms with van der Waals surface area (Å²) in [5.41, 5.74) is 2.81. The van der Waals surface area contributed by atoms with Crippen molar-refractivity contribution in [2.75, 3.05) is 6.61 Å². The highest BCUT2D eigenvalue weighted by Crippen LogP contribution is 2.02. The first-order valence-corrected chi connectivity index (χ1v) is 6.91. The lowest BCUT2D eigenvalue weighted by atomic mass is 10.2. The predicted molar refractivity (Wildman–Crippen MR) is 76.0 cm³/mol. The summed E-state index contributed by atoms with van der Waals surface area (Å²) in [6, 6.07) is 0. The molecule has 0 aromatic carbocycles. The van der Waals surface area contributed by atoms with Crippen LogP contribution in [-0.4, -0.2) is 12.5 Å². The van der Waals surface area contributed by atoms with Gasteiger partial charge in [-0.25, -0.2) is 5.48 Å². The summed E-state index contributed by atoms with van der Waals surface area (Å²) >= 11 is 0. The number of carbonyl (C=O) groups is 1. The number of allylic oxidation sites excluding steroid dienone is 2. The largest absolute Gasteiger partial charge is 0.273 e. The Labute approximate surface area is 111 Å². The van der Waals surface area contributed by atoms with Crippen LogP contribution in [0.2, 0.25) is 0 Å². The van der Waals surface area contributed by atoms with E-state index in [9.17, 15) is 4.79 Å². The minimum atomic E-state index is -0.245. The molecule has 0 saturated carbocycles. The van der Waals surface area contributed by atoms with Gasteiger partial charge in [0.15, 0.2) is 0 Å². The van der Waals surface area contributed by atoms with Crippen molar-refractivity contribution in [3.63, 3.8) is 0 Å². The highest BCUT2D eigenvalue weighted by atomic mass is 16.6. The normalized spacial score (nSPS) is 10.8. The number of rotatable bonds is 11. The van der Waals surface area contributed by atoms with Crippen LogP contribution >= 0.6 is 0 Å². The maximum Gasteiger partial charge on any atom is 0.269 e. The van der Waals surface area contributed by atoms with Crippen molar-refractivity contribution < 1.29 is 9.63 Å². The molecule has 0 aliphatic carbocycles. The highest BCUT2D eigenvalue weighted by Gasteiger charge is 1.99. The summed E-state index contributed by atoms with van der Waals surface area (Å²) < 4.78 is 0. The van der Waals surface area contributed by atoms with Gasteiger partial charge in [-0.15, -0.1) is 0 Å². The Kier molecular flexibility index (Phi) is 11.6. The Morgan fingerprint density at radius 2 is 1.78 bits per heavy atom. The maximum absolute atomic E-state index is 11.1. The van der Waals surface area contributed by atoms with E-state index < -0.39 is 0 Å². The second-order valence-electron chi connectivity index (χ2n) is 4.52. The molecule has 0 bridgehead atoms. The van der Waals surface area contributed by atoms with E-state index in [1.165, 1.54) is 25.7 Å². The molecule has 104 valence electrons. The van der Waals surface area contributed by atoms with Gasteiger partial charge in [0.25, 0.3) is 5.91 Å². The Hall–Kier alpha value is -1.09. The summed E-state index contributed by atoms with van der Waals surface area (Å²) in [4.78, 5) is 16.1. The van der Waals surface area contributed by atoms with Crippen LogP contribution in [-0.2, 0) is 9.63 Å². The second-order valence-corrected chi connectivity index (χ2v) is 4.52. The van der Waals surface area contributed by atoms with Gasteiger partial charge < -0.3 is 0 Å². The Morgan fingerprint density at radius 1 is 1.17 bits per heavy atom. The molecule has 0 spiro atoms. The highest BCUT2D eigenvalue weighted by molar-refractivity contribution is 5.91. The summed E-state index contributed by atoms with van der Waals surface area (Å²) in [6.45, 7) is 7.96. The van der Waals surface area contributed by atoms with E-state index in [-0.39, 0.29) is 5.91 Å². The van der Waals surface area contributed by atoms with E-state index >= 15 is 0 Å². The fraction of sp³-hybridized carbons (Fsp3) is 0.667. The third kappa shape index (κ3) is 11.4. The Morgan fingerprint density at radius 3 is 2.33 bits per heavy atom. The third-order valence-electron chi connectivity index (χ3n) is 2.56. The minimum Gasteiger partial charge on any atom is -0.273 e. The fourth-order valence-corrected chi connectivity index (χ4v) is 1.39. The molecule has 0 saturated heterocycles. The average molecular weight is 253 g/mol. The Balaban J connectivity index is 3.21. The van der Waals surface area contributed by atoms with Crippen LogP contribution < -0.4 is 5.48 Å². The van der Waals surface area contributed by atoms with Gasteiger partial charge in [0.05, 0.1) is 6.61 Å². The number of hydrogen-bond acceptors (Lipinski definition) is 2. The standard InChI is InChI=1S/C15H27NO2/c1-4-5-6-7-8-9-10-11-12-13-18-16-15(17)14(2)3/h8-9H,2,4-7,10-13H2,1,3H3,(H,16,17)/b9-8+. The van der Waals surface area contributed by atoms with Crippen LogP contribution in [0.5, 0.6) is 0 Å². The first-order valence-electron chi connectivity index (χ1n) is 6.91. The number of hydrogen-bond donors (Lipinski definition) is 1. The van der Waals surface area contributed by atoms with Crippen molar-refractivity contribution >= 4 is 5.91 Å². The van der Waals surface area contributed by atoms with E-state index in [1.807, 2.05) is 0 Å². The molecule has 0 fully saturated rings. The van der Waals surface area contributed by atoms with Gasteiger partial charge in [-0.2, -0.15) is 0 Å². The molecular weight excluding hydrogens is 226 g/mol. The van der Waals surface area contributed by atoms with Gasteiger partial charge in [-0.05, 0) is 39.0 Å². The molecule has 0 rings (SSSR count).